The SMILES string of the molecule is CC(CC(=O)NC1CCCc2ccccc21)NS(=O)(=O)c1ccc(C(F)(F)F)cc1[N+](=O)[O-]. The molecule has 2 N–H and O–H groups in total. The molecule has 1 amide bonds. The second kappa shape index (κ2) is 9.48. The van der Waals surface area contributed by atoms with E-state index in [4.69, 9.17) is 0 Å². The van der Waals surface area contributed by atoms with Crippen LogP contribution in [-0.4, -0.2) is 25.3 Å². The van der Waals surface area contributed by atoms with Crippen LogP contribution in [0, 0.1) is 10.1 Å². The molecule has 3 rings (SSSR count). The van der Waals surface area contributed by atoms with E-state index in [1.54, 1.807) is 0 Å². The monoisotopic (exact) mass is 485 g/mol. The van der Waals surface area contributed by atoms with Crippen molar-refractivity contribution in [1.82, 2.24) is 10.0 Å². The molecule has 178 valence electrons. The van der Waals surface area contributed by atoms with E-state index in [0.29, 0.717) is 12.1 Å². The molecule has 33 heavy (non-hydrogen) atoms. The van der Waals surface area contributed by atoms with Crippen molar-refractivity contribution in [2.75, 3.05) is 0 Å². The van der Waals surface area contributed by atoms with Gasteiger partial charge in [0.1, 0.15) is 0 Å². The third-order valence-electron chi connectivity index (χ3n) is 5.33. The maximum atomic E-state index is 12.9. The van der Waals surface area contributed by atoms with Crippen LogP contribution in [0.5, 0.6) is 0 Å². The number of carbonyl (C=O) groups excluding carboxylic acids is 1. The van der Waals surface area contributed by atoms with Crippen LogP contribution in [0.1, 0.15) is 48.9 Å². The van der Waals surface area contributed by atoms with Crippen molar-refractivity contribution in [1.29, 1.82) is 0 Å². The number of hydrogen-bond donors (Lipinski definition) is 2. The second-order valence-corrected chi connectivity index (χ2v) is 9.56. The van der Waals surface area contributed by atoms with Crippen molar-refractivity contribution in [3.63, 3.8) is 0 Å². The summed E-state index contributed by atoms with van der Waals surface area (Å²) in [6.07, 6.45) is -2.59. The van der Waals surface area contributed by atoms with E-state index in [1.165, 1.54) is 6.92 Å². The molecular weight excluding hydrogens is 463 g/mol. The molecule has 0 radical (unpaired) electrons. The summed E-state index contributed by atoms with van der Waals surface area (Å²) in [6.45, 7) is 1.39. The average Bonchev–Trinajstić information content (AvgIpc) is 2.72. The van der Waals surface area contributed by atoms with Gasteiger partial charge in [-0.2, -0.15) is 13.2 Å². The lowest BCUT2D eigenvalue weighted by atomic mass is 9.87. The number of benzene rings is 2. The second-order valence-electron chi connectivity index (χ2n) is 7.87. The van der Waals surface area contributed by atoms with Crippen molar-refractivity contribution < 1.29 is 31.3 Å². The van der Waals surface area contributed by atoms with Crippen molar-refractivity contribution >= 4 is 21.6 Å². The summed E-state index contributed by atoms with van der Waals surface area (Å²) in [4.78, 5) is 21.6. The molecule has 0 saturated heterocycles. The molecule has 0 bridgehead atoms. The Hall–Kier alpha value is -2.99. The quantitative estimate of drug-likeness (QED) is 0.456. The van der Waals surface area contributed by atoms with Gasteiger partial charge in [-0.15, -0.1) is 0 Å². The van der Waals surface area contributed by atoms with E-state index in [0.717, 1.165) is 30.4 Å². The third-order valence-corrected chi connectivity index (χ3v) is 6.96. The van der Waals surface area contributed by atoms with Crippen molar-refractivity contribution in [3.8, 4) is 0 Å². The number of fused-ring (bicyclic) bond motifs is 1. The van der Waals surface area contributed by atoms with Crippen LogP contribution in [0.4, 0.5) is 18.9 Å². The van der Waals surface area contributed by atoms with Gasteiger partial charge in [-0.05, 0) is 49.4 Å². The summed E-state index contributed by atoms with van der Waals surface area (Å²) in [7, 11) is -4.56. The minimum absolute atomic E-state index is 0.173. The van der Waals surface area contributed by atoms with Crippen LogP contribution in [0.15, 0.2) is 47.4 Å². The molecule has 2 aromatic carbocycles. The van der Waals surface area contributed by atoms with Gasteiger partial charge in [0.15, 0.2) is 4.90 Å². The van der Waals surface area contributed by atoms with Crippen LogP contribution in [0.2, 0.25) is 0 Å². The van der Waals surface area contributed by atoms with Crippen LogP contribution in [0.3, 0.4) is 0 Å². The molecule has 8 nitrogen and oxygen atoms in total. The summed E-state index contributed by atoms with van der Waals surface area (Å²) in [5.41, 5.74) is -0.399. The standard InChI is InChI=1S/C21H22F3N3O5S/c1-13(11-20(28)25-17-8-4-6-14-5-2-3-7-16(14)17)26-33(31,32)19-10-9-15(21(22,23)24)12-18(19)27(29)30/h2-3,5,7,9-10,12-13,17,26H,4,6,8,11H2,1H3,(H,25,28). The Balaban J connectivity index is 1.71. The molecule has 0 fully saturated rings. The number of alkyl halides is 3. The molecule has 0 saturated carbocycles. The lowest BCUT2D eigenvalue weighted by molar-refractivity contribution is -0.388. The number of rotatable bonds is 7. The Morgan fingerprint density at radius 3 is 2.61 bits per heavy atom. The zero-order valence-electron chi connectivity index (χ0n) is 17.6. The number of nitrogens with zero attached hydrogens (tertiary/aromatic N) is 1. The maximum Gasteiger partial charge on any atom is 0.416 e. The average molecular weight is 485 g/mol. The summed E-state index contributed by atoms with van der Waals surface area (Å²) in [6, 6.07) is 7.70. The smallest absolute Gasteiger partial charge is 0.349 e. The number of nitro groups is 1. The summed E-state index contributed by atoms with van der Waals surface area (Å²) in [5.74, 6) is -0.422. The van der Waals surface area contributed by atoms with Crippen LogP contribution >= 0.6 is 0 Å². The number of nitrogens with one attached hydrogen (secondary N) is 2. The zero-order chi connectivity index (χ0) is 24.4. The van der Waals surface area contributed by atoms with Gasteiger partial charge in [0.05, 0.1) is 16.5 Å². The minimum Gasteiger partial charge on any atom is -0.349 e. The van der Waals surface area contributed by atoms with Gasteiger partial charge in [-0.25, -0.2) is 13.1 Å². The number of sulfonamides is 1. The molecular formula is C21H22F3N3O5S. The normalized spacial score (nSPS) is 17.2. The number of carbonyl (C=O) groups is 1. The third kappa shape index (κ3) is 5.88. The number of halogens is 3. The van der Waals surface area contributed by atoms with Gasteiger partial charge in [-0.3, -0.25) is 14.9 Å². The lowest BCUT2D eigenvalue weighted by Crippen LogP contribution is -2.39. The fourth-order valence-electron chi connectivity index (χ4n) is 3.87. The van der Waals surface area contributed by atoms with E-state index in [9.17, 15) is 36.5 Å². The summed E-state index contributed by atoms with van der Waals surface area (Å²) < 4.78 is 66.0. The van der Waals surface area contributed by atoms with E-state index in [1.807, 2.05) is 24.3 Å². The maximum absolute atomic E-state index is 12.9. The topological polar surface area (TPSA) is 118 Å². The molecule has 2 unspecified atom stereocenters. The number of aryl methyl sites for hydroxylation is 1. The summed E-state index contributed by atoms with van der Waals surface area (Å²) in [5, 5.41) is 14.1. The molecule has 0 heterocycles. The van der Waals surface area contributed by atoms with E-state index >= 15 is 0 Å². The van der Waals surface area contributed by atoms with Crippen molar-refractivity contribution in [2.45, 2.75) is 55.8 Å². The van der Waals surface area contributed by atoms with Gasteiger partial charge in [0.25, 0.3) is 5.69 Å². The Kier molecular flexibility index (Phi) is 7.08. The number of nitro benzene ring substituents is 1. The lowest BCUT2D eigenvalue weighted by Gasteiger charge is -2.27. The van der Waals surface area contributed by atoms with E-state index < -0.39 is 49.2 Å². The van der Waals surface area contributed by atoms with Crippen LogP contribution in [0.25, 0.3) is 0 Å². The Labute approximate surface area is 188 Å². The predicted molar refractivity (Wildman–Crippen MR) is 113 cm³/mol. The van der Waals surface area contributed by atoms with Crippen molar-refractivity contribution in [2.24, 2.45) is 0 Å². The predicted octanol–water partition coefficient (Wildman–Crippen LogP) is 3.86. The first-order valence-corrected chi connectivity index (χ1v) is 11.6. The first-order chi connectivity index (χ1) is 15.4. The Morgan fingerprint density at radius 1 is 1.24 bits per heavy atom. The minimum atomic E-state index is -4.87. The zero-order valence-corrected chi connectivity index (χ0v) is 18.4. The van der Waals surface area contributed by atoms with Gasteiger partial charge in [0.2, 0.25) is 15.9 Å². The Morgan fingerprint density at radius 2 is 1.94 bits per heavy atom. The highest BCUT2D eigenvalue weighted by molar-refractivity contribution is 7.89. The molecule has 1 aliphatic rings. The molecule has 0 aromatic heterocycles. The fraction of sp³-hybridized carbons (Fsp3) is 0.381. The largest absolute Gasteiger partial charge is 0.416 e. The first-order valence-electron chi connectivity index (χ1n) is 10.1. The van der Waals surface area contributed by atoms with Crippen LogP contribution < -0.4 is 10.0 Å². The highest BCUT2D eigenvalue weighted by Crippen LogP contribution is 2.34. The first kappa shape index (κ1) is 24.6. The van der Waals surface area contributed by atoms with Crippen LogP contribution in [-0.2, 0) is 27.4 Å². The van der Waals surface area contributed by atoms with Gasteiger partial charge in [0, 0.05) is 18.5 Å². The van der Waals surface area contributed by atoms with Gasteiger partial charge >= 0.3 is 6.18 Å². The molecule has 12 heteroatoms. The Bertz CT molecular complexity index is 1170. The van der Waals surface area contributed by atoms with Gasteiger partial charge in [-0.1, -0.05) is 24.3 Å². The van der Waals surface area contributed by atoms with Gasteiger partial charge < -0.3 is 5.32 Å². The van der Waals surface area contributed by atoms with E-state index in [2.05, 4.69) is 10.0 Å². The highest BCUT2D eigenvalue weighted by atomic mass is 32.2. The summed E-state index contributed by atoms with van der Waals surface area (Å²) >= 11 is 0. The number of amides is 1. The van der Waals surface area contributed by atoms with Crippen molar-refractivity contribution in [3.05, 3.63) is 69.3 Å². The van der Waals surface area contributed by atoms with E-state index in [-0.39, 0.29) is 18.5 Å². The highest BCUT2D eigenvalue weighted by Gasteiger charge is 2.36. The fourth-order valence-corrected chi connectivity index (χ4v) is 5.26. The molecule has 1 aliphatic carbocycles. The molecule has 0 spiro atoms. The molecule has 2 aromatic rings. The number of hydrogen-bond acceptors (Lipinski definition) is 5. The molecule has 0 aliphatic heterocycles. The molecule has 2 atom stereocenters.